The smallest absolute Gasteiger partial charge is 0.119 e. The molecule has 1 aromatic heterocycles. The highest BCUT2D eigenvalue weighted by atomic mass is 32.1. The fraction of sp³-hybridized carbons (Fsp3) is 0.200. The van der Waals surface area contributed by atoms with Gasteiger partial charge in [0.05, 0.1) is 4.88 Å². The lowest BCUT2D eigenvalue weighted by molar-refractivity contribution is -0.685. The van der Waals surface area contributed by atoms with E-state index in [2.05, 4.69) is 41.5 Å². The van der Waals surface area contributed by atoms with Gasteiger partial charge in [-0.1, -0.05) is 18.7 Å². The Kier molecular flexibility index (Phi) is 5.00. The molecule has 0 aliphatic carbocycles. The Morgan fingerprint density at radius 3 is 2.67 bits per heavy atom. The normalized spacial score (nSPS) is 10.2. The van der Waals surface area contributed by atoms with Gasteiger partial charge in [-0.3, -0.25) is 0 Å². The van der Waals surface area contributed by atoms with Crippen molar-refractivity contribution in [2.75, 3.05) is 6.61 Å². The lowest BCUT2D eigenvalue weighted by atomic mass is 10.2. The summed E-state index contributed by atoms with van der Waals surface area (Å²) < 4.78 is 5.45. The average molecular weight is 260 g/mol. The summed E-state index contributed by atoms with van der Waals surface area (Å²) in [6.45, 7) is 6.24. The number of benzene rings is 1. The van der Waals surface area contributed by atoms with E-state index in [-0.39, 0.29) is 0 Å². The SMILES string of the molecule is C=CCOc1ccc(C[NH2+]Cc2cccs2)cc1. The summed E-state index contributed by atoms with van der Waals surface area (Å²) >= 11 is 1.81. The van der Waals surface area contributed by atoms with Gasteiger partial charge in [-0.25, -0.2) is 0 Å². The molecule has 0 aliphatic heterocycles. The van der Waals surface area contributed by atoms with Crippen molar-refractivity contribution in [3.63, 3.8) is 0 Å². The predicted molar refractivity (Wildman–Crippen MR) is 75.8 cm³/mol. The van der Waals surface area contributed by atoms with Gasteiger partial charge in [0.2, 0.25) is 0 Å². The molecule has 1 aromatic carbocycles. The molecular weight excluding hydrogens is 242 g/mol. The second-order valence-electron chi connectivity index (χ2n) is 4.02. The van der Waals surface area contributed by atoms with Crippen LogP contribution in [-0.4, -0.2) is 6.61 Å². The van der Waals surface area contributed by atoms with Crippen LogP contribution in [0.5, 0.6) is 5.75 Å². The molecule has 0 saturated heterocycles. The predicted octanol–water partition coefficient (Wildman–Crippen LogP) is 2.58. The van der Waals surface area contributed by atoms with Crippen LogP contribution in [0.2, 0.25) is 0 Å². The standard InChI is InChI=1S/C15H17NOS/c1-2-9-17-14-7-5-13(6-8-14)11-16-12-15-4-3-10-18-15/h2-8,10,16H,1,9,11-12H2/p+1. The minimum Gasteiger partial charge on any atom is -0.490 e. The highest BCUT2D eigenvalue weighted by Crippen LogP contribution is 2.11. The van der Waals surface area contributed by atoms with Gasteiger partial charge in [0.15, 0.2) is 0 Å². The molecule has 1 heterocycles. The lowest BCUT2D eigenvalue weighted by Crippen LogP contribution is -2.80. The molecule has 0 atom stereocenters. The first-order valence-corrected chi connectivity index (χ1v) is 6.93. The van der Waals surface area contributed by atoms with E-state index < -0.39 is 0 Å². The summed E-state index contributed by atoms with van der Waals surface area (Å²) in [5, 5.41) is 4.43. The zero-order valence-electron chi connectivity index (χ0n) is 10.3. The van der Waals surface area contributed by atoms with Gasteiger partial charge >= 0.3 is 0 Å². The fourth-order valence-electron chi connectivity index (χ4n) is 1.69. The topological polar surface area (TPSA) is 25.8 Å². The summed E-state index contributed by atoms with van der Waals surface area (Å²) in [7, 11) is 0. The van der Waals surface area contributed by atoms with Gasteiger partial charge in [-0.2, -0.15) is 0 Å². The molecule has 18 heavy (non-hydrogen) atoms. The molecule has 0 bridgehead atoms. The Balaban J connectivity index is 1.77. The third kappa shape index (κ3) is 4.02. The van der Waals surface area contributed by atoms with Gasteiger partial charge in [0.1, 0.15) is 25.4 Å². The average Bonchev–Trinajstić information content (AvgIpc) is 2.91. The lowest BCUT2D eigenvalue weighted by Gasteiger charge is -2.04. The highest BCUT2D eigenvalue weighted by Gasteiger charge is 1.99. The monoisotopic (exact) mass is 260 g/mol. The Morgan fingerprint density at radius 1 is 1.17 bits per heavy atom. The second-order valence-corrected chi connectivity index (χ2v) is 5.05. The highest BCUT2D eigenvalue weighted by molar-refractivity contribution is 7.09. The van der Waals surface area contributed by atoms with Crippen molar-refractivity contribution in [3.8, 4) is 5.75 Å². The molecule has 2 nitrogen and oxygen atoms in total. The van der Waals surface area contributed by atoms with Crippen LogP contribution in [0.15, 0.2) is 54.4 Å². The van der Waals surface area contributed by atoms with Gasteiger partial charge in [0, 0.05) is 5.56 Å². The number of thiophene rings is 1. The number of hydrogen-bond acceptors (Lipinski definition) is 2. The van der Waals surface area contributed by atoms with Crippen LogP contribution >= 0.6 is 11.3 Å². The molecule has 0 saturated carbocycles. The van der Waals surface area contributed by atoms with Crippen molar-refractivity contribution < 1.29 is 10.1 Å². The van der Waals surface area contributed by atoms with Crippen LogP contribution in [0.4, 0.5) is 0 Å². The molecule has 0 amide bonds. The fourth-order valence-corrected chi connectivity index (χ4v) is 2.39. The van der Waals surface area contributed by atoms with Crippen molar-refractivity contribution in [3.05, 3.63) is 64.9 Å². The quantitative estimate of drug-likeness (QED) is 0.761. The Labute approximate surface area is 112 Å². The molecule has 0 radical (unpaired) electrons. The van der Waals surface area contributed by atoms with Gasteiger partial charge < -0.3 is 10.1 Å². The zero-order valence-corrected chi connectivity index (χ0v) is 11.2. The maximum Gasteiger partial charge on any atom is 0.119 e. The van der Waals surface area contributed by atoms with Crippen molar-refractivity contribution in [2.45, 2.75) is 13.1 Å². The Hall–Kier alpha value is -1.58. The van der Waals surface area contributed by atoms with E-state index in [4.69, 9.17) is 4.74 Å². The van der Waals surface area contributed by atoms with Crippen LogP contribution in [0.3, 0.4) is 0 Å². The maximum atomic E-state index is 5.45. The number of rotatable bonds is 7. The van der Waals surface area contributed by atoms with Crippen LogP contribution < -0.4 is 10.1 Å². The maximum absolute atomic E-state index is 5.45. The Bertz CT molecular complexity index is 462. The first kappa shape index (κ1) is 12.9. The Morgan fingerprint density at radius 2 is 2.00 bits per heavy atom. The molecule has 2 N–H and O–H groups in total. The molecule has 94 valence electrons. The third-order valence-electron chi connectivity index (χ3n) is 2.60. The minimum absolute atomic E-state index is 0.559. The molecule has 0 aliphatic rings. The molecule has 3 heteroatoms. The van der Waals surface area contributed by atoms with E-state index in [1.165, 1.54) is 10.4 Å². The van der Waals surface area contributed by atoms with E-state index in [1.54, 1.807) is 6.08 Å². The molecule has 2 rings (SSSR count). The summed E-state index contributed by atoms with van der Waals surface area (Å²) in [6, 6.07) is 12.5. The second kappa shape index (κ2) is 6.99. The summed E-state index contributed by atoms with van der Waals surface area (Å²) in [4.78, 5) is 1.42. The molecule has 0 unspecified atom stereocenters. The number of nitrogens with two attached hydrogens (primary N) is 1. The number of quaternary nitrogens is 1. The number of ether oxygens (including phenoxy) is 1. The van der Waals surface area contributed by atoms with Gasteiger partial charge in [-0.05, 0) is 35.7 Å². The van der Waals surface area contributed by atoms with Crippen molar-refractivity contribution in [2.24, 2.45) is 0 Å². The number of hydrogen-bond donors (Lipinski definition) is 1. The zero-order chi connectivity index (χ0) is 12.6. The molecule has 0 fully saturated rings. The molecule has 2 aromatic rings. The van der Waals surface area contributed by atoms with Gasteiger partial charge in [-0.15, -0.1) is 11.3 Å². The largest absolute Gasteiger partial charge is 0.490 e. The van der Waals surface area contributed by atoms with Crippen molar-refractivity contribution >= 4 is 11.3 Å². The first-order chi connectivity index (χ1) is 8.88. The van der Waals surface area contributed by atoms with E-state index in [0.29, 0.717) is 6.61 Å². The van der Waals surface area contributed by atoms with E-state index in [0.717, 1.165) is 18.8 Å². The van der Waals surface area contributed by atoms with Crippen LogP contribution in [0, 0.1) is 0 Å². The molecule has 0 spiro atoms. The summed E-state index contributed by atoms with van der Waals surface area (Å²) in [6.07, 6.45) is 1.75. The van der Waals surface area contributed by atoms with E-state index in [9.17, 15) is 0 Å². The van der Waals surface area contributed by atoms with Crippen molar-refractivity contribution in [1.29, 1.82) is 0 Å². The minimum atomic E-state index is 0.559. The van der Waals surface area contributed by atoms with Crippen LogP contribution in [0.1, 0.15) is 10.4 Å². The summed E-state index contributed by atoms with van der Waals surface area (Å²) in [5.41, 5.74) is 1.32. The van der Waals surface area contributed by atoms with E-state index in [1.807, 2.05) is 23.5 Å². The first-order valence-electron chi connectivity index (χ1n) is 6.05. The summed E-state index contributed by atoms with van der Waals surface area (Å²) in [5.74, 6) is 0.900. The molecular formula is C15H18NOS+. The van der Waals surface area contributed by atoms with Crippen LogP contribution in [0.25, 0.3) is 0 Å². The van der Waals surface area contributed by atoms with E-state index >= 15 is 0 Å². The third-order valence-corrected chi connectivity index (χ3v) is 3.50. The van der Waals surface area contributed by atoms with Crippen LogP contribution in [-0.2, 0) is 13.1 Å². The van der Waals surface area contributed by atoms with Gasteiger partial charge in [0.25, 0.3) is 0 Å². The van der Waals surface area contributed by atoms with Crippen molar-refractivity contribution in [1.82, 2.24) is 0 Å².